The van der Waals surface area contributed by atoms with Crippen LogP contribution in [0.3, 0.4) is 0 Å². The Kier molecular flexibility index (Phi) is 5.34. The molecule has 3 nitrogen and oxygen atoms in total. The van der Waals surface area contributed by atoms with Crippen LogP contribution in [-0.2, 0) is 10.4 Å². The fraction of sp³-hybridized carbons (Fsp3) is 0.316. The van der Waals surface area contributed by atoms with Crippen molar-refractivity contribution in [2.45, 2.75) is 32.3 Å². The normalized spacial score (nSPS) is 13.4. The Labute approximate surface area is 132 Å². The summed E-state index contributed by atoms with van der Waals surface area (Å²) in [5.41, 5.74) is 1.99. The Hall–Kier alpha value is -2.13. The van der Waals surface area contributed by atoms with Gasteiger partial charge >= 0.3 is 0 Å². The summed E-state index contributed by atoms with van der Waals surface area (Å²) in [6.07, 6.45) is 0.936. The van der Waals surface area contributed by atoms with E-state index in [2.05, 4.69) is 5.32 Å². The summed E-state index contributed by atoms with van der Waals surface area (Å²) in [6.45, 7) is 4.08. The summed E-state index contributed by atoms with van der Waals surface area (Å²) < 4.78 is 0. The minimum absolute atomic E-state index is 0.00662. The van der Waals surface area contributed by atoms with E-state index in [1.165, 1.54) is 0 Å². The van der Waals surface area contributed by atoms with Gasteiger partial charge in [-0.25, -0.2) is 0 Å². The van der Waals surface area contributed by atoms with Crippen molar-refractivity contribution in [2.24, 2.45) is 0 Å². The first-order valence-electron chi connectivity index (χ1n) is 7.68. The molecular formula is C19H23NO2. The quantitative estimate of drug-likeness (QED) is 0.857. The average molecular weight is 297 g/mol. The maximum absolute atomic E-state index is 11.3. The minimum atomic E-state index is -0.993. The van der Waals surface area contributed by atoms with Crippen molar-refractivity contribution in [1.29, 1.82) is 0 Å². The molecule has 0 aromatic heterocycles. The van der Waals surface area contributed by atoms with E-state index in [9.17, 15) is 9.90 Å². The second-order valence-electron chi connectivity index (χ2n) is 5.64. The van der Waals surface area contributed by atoms with Gasteiger partial charge < -0.3 is 10.4 Å². The van der Waals surface area contributed by atoms with Crippen LogP contribution in [0.1, 0.15) is 32.3 Å². The van der Waals surface area contributed by atoms with Crippen LogP contribution in [0.2, 0.25) is 0 Å². The largest absolute Gasteiger partial charge is 0.385 e. The van der Waals surface area contributed by atoms with Gasteiger partial charge in [0.25, 0.3) is 0 Å². The number of rotatable bonds is 6. The number of nitrogens with one attached hydrogen (secondary N) is 1. The third-order valence-electron chi connectivity index (χ3n) is 3.85. The van der Waals surface area contributed by atoms with E-state index in [1.807, 2.05) is 61.5 Å². The highest BCUT2D eigenvalue weighted by Gasteiger charge is 2.25. The Bertz CT molecular complexity index is 620. The standard InChI is InChI=1S/C19H23NO2/c1-3-18(21)20-14-13-19(2,22)17-12-8-7-11-16(17)15-9-5-4-6-10-15/h4-12,22H,3,13-14H2,1-2H3,(H,20,21). The Morgan fingerprint density at radius 3 is 2.41 bits per heavy atom. The van der Waals surface area contributed by atoms with Crippen LogP contribution in [0.5, 0.6) is 0 Å². The molecule has 0 saturated carbocycles. The number of carbonyl (C=O) groups excluding carboxylic acids is 1. The zero-order valence-electron chi connectivity index (χ0n) is 13.2. The van der Waals surface area contributed by atoms with Crippen LogP contribution in [0, 0.1) is 0 Å². The molecule has 1 atom stereocenters. The molecule has 1 unspecified atom stereocenters. The number of benzene rings is 2. The molecule has 0 aliphatic rings. The van der Waals surface area contributed by atoms with Crippen LogP contribution in [-0.4, -0.2) is 17.6 Å². The van der Waals surface area contributed by atoms with E-state index in [1.54, 1.807) is 6.92 Å². The number of hydrogen-bond acceptors (Lipinski definition) is 2. The third kappa shape index (κ3) is 3.95. The second kappa shape index (κ2) is 7.23. The van der Waals surface area contributed by atoms with Gasteiger partial charge in [-0.3, -0.25) is 4.79 Å². The molecule has 0 aliphatic carbocycles. The molecule has 2 aromatic carbocycles. The van der Waals surface area contributed by atoms with Gasteiger partial charge in [0.15, 0.2) is 0 Å². The van der Waals surface area contributed by atoms with Crippen molar-refractivity contribution < 1.29 is 9.90 Å². The summed E-state index contributed by atoms with van der Waals surface area (Å²) in [5.74, 6) is 0.00662. The van der Waals surface area contributed by atoms with Gasteiger partial charge in [-0.2, -0.15) is 0 Å². The van der Waals surface area contributed by atoms with Crippen LogP contribution < -0.4 is 5.32 Å². The SMILES string of the molecule is CCC(=O)NCCC(C)(O)c1ccccc1-c1ccccc1. The summed E-state index contributed by atoms with van der Waals surface area (Å²) >= 11 is 0. The van der Waals surface area contributed by atoms with Crippen LogP contribution in [0.15, 0.2) is 54.6 Å². The van der Waals surface area contributed by atoms with E-state index in [-0.39, 0.29) is 5.91 Å². The molecule has 0 spiro atoms. The fourth-order valence-electron chi connectivity index (χ4n) is 2.53. The lowest BCUT2D eigenvalue weighted by atomic mass is 9.86. The minimum Gasteiger partial charge on any atom is -0.385 e. The third-order valence-corrected chi connectivity index (χ3v) is 3.85. The molecule has 3 heteroatoms. The molecule has 0 radical (unpaired) electrons. The molecule has 0 aliphatic heterocycles. The van der Waals surface area contributed by atoms with E-state index >= 15 is 0 Å². The summed E-state index contributed by atoms with van der Waals surface area (Å²) in [7, 11) is 0. The smallest absolute Gasteiger partial charge is 0.219 e. The molecule has 116 valence electrons. The highest BCUT2D eigenvalue weighted by molar-refractivity contribution is 5.75. The van der Waals surface area contributed by atoms with Gasteiger partial charge in [0, 0.05) is 13.0 Å². The van der Waals surface area contributed by atoms with Crippen molar-refractivity contribution in [3.63, 3.8) is 0 Å². The number of amides is 1. The molecule has 2 aromatic rings. The maximum Gasteiger partial charge on any atom is 0.219 e. The number of carbonyl (C=O) groups is 1. The summed E-state index contributed by atoms with van der Waals surface area (Å²) in [4.78, 5) is 11.3. The highest BCUT2D eigenvalue weighted by Crippen LogP contribution is 2.33. The van der Waals surface area contributed by atoms with E-state index in [4.69, 9.17) is 0 Å². The van der Waals surface area contributed by atoms with E-state index in [0.29, 0.717) is 19.4 Å². The van der Waals surface area contributed by atoms with Gasteiger partial charge in [0.2, 0.25) is 5.91 Å². The molecule has 0 saturated heterocycles. The molecule has 0 heterocycles. The van der Waals surface area contributed by atoms with Gasteiger partial charge in [-0.05, 0) is 30.0 Å². The Morgan fingerprint density at radius 1 is 1.09 bits per heavy atom. The summed E-state index contributed by atoms with van der Waals surface area (Å²) in [6, 6.07) is 17.9. The lowest BCUT2D eigenvalue weighted by Crippen LogP contribution is -2.31. The van der Waals surface area contributed by atoms with E-state index in [0.717, 1.165) is 16.7 Å². The van der Waals surface area contributed by atoms with Crippen molar-refractivity contribution in [1.82, 2.24) is 5.32 Å². The zero-order valence-corrected chi connectivity index (χ0v) is 13.2. The first-order chi connectivity index (χ1) is 10.5. The molecule has 2 N–H and O–H groups in total. The topological polar surface area (TPSA) is 49.3 Å². The van der Waals surface area contributed by atoms with Crippen molar-refractivity contribution in [3.8, 4) is 11.1 Å². The van der Waals surface area contributed by atoms with Crippen LogP contribution in [0.4, 0.5) is 0 Å². The highest BCUT2D eigenvalue weighted by atomic mass is 16.3. The number of hydrogen-bond donors (Lipinski definition) is 2. The van der Waals surface area contributed by atoms with Gasteiger partial charge in [0.1, 0.15) is 0 Å². The Morgan fingerprint density at radius 2 is 1.73 bits per heavy atom. The number of aliphatic hydroxyl groups is 1. The van der Waals surface area contributed by atoms with Crippen LogP contribution >= 0.6 is 0 Å². The van der Waals surface area contributed by atoms with Crippen molar-refractivity contribution >= 4 is 5.91 Å². The lowest BCUT2D eigenvalue weighted by molar-refractivity contribution is -0.120. The first kappa shape index (κ1) is 16.2. The molecule has 0 fully saturated rings. The van der Waals surface area contributed by atoms with E-state index < -0.39 is 5.60 Å². The molecular weight excluding hydrogens is 274 g/mol. The van der Waals surface area contributed by atoms with Gasteiger partial charge in [0.05, 0.1) is 5.60 Å². The lowest BCUT2D eigenvalue weighted by Gasteiger charge is -2.27. The predicted molar refractivity (Wildman–Crippen MR) is 89.4 cm³/mol. The summed E-state index contributed by atoms with van der Waals surface area (Å²) in [5, 5.41) is 13.7. The van der Waals surface area contributed by atoms with Gasteiger partial charge in [-0.15, -0.1) is 0 Å². The van der Waals surface area contributed by atoms with Crippen molar-refractivity contribution in [3.05, 3.63) is 60.2 Å². The molecule has 0 bridgehead atoms. The predicted octanol–water partition coefficient (Wildman–Crippen LogP) is 3.48. The zero-order chi connectivity index (χ0) is 16.0. The fourth-order valence-corrected chi connectivity index (χ4v) is 2.53. The van der Waals surface area contributed by atoms with Crippen molar-refractivity contribution in [2.75, 3.05) is 6.54 Å². The van der Waals surface area contributed by atoms with Gasteiger partial charge in [-0.1, -0.05) is 61.5 Å². The maximum atomic E-state index is 11.3. The second-order valence-corrected chi connectivity index (χ2v) is 5.64. The molecule has 1 amide bonds. The Balaban J connectivity index is 2.22. The first-order valence-corrected chi connectivity index (χ1v) is 7.68. The average Bonchev–Trinajstić information content (AvgIpc) is 2.55. The molecule has 2 rings (SSSR count). The van der Waals surface area contributed by atoms with Crippen LogP contribution in [0.25, 0.3) is 11.1 Å². The monoisotopic (exact) mass is 297 g/mol. The molecule has 22 heavy (non-hydrogen) atoms.